The van der Waals surface area contributed by atoms with Gasteiger partial charge in [0.05, 0.1) is 11.2 Å². The molecule has 0 aliphatic carbocycles. The van der Waals surface area contributed by atoms with E-state index in [1.54, 1.807) is 0 Å². The lowest BCUT2D eigenvalue weighted by Crippen LogP contribution is -2.22. The third-order valence-corrected chi connectivity index (χ3v) is 3.44. The van der Waals surface area contributed by atoms with E-state index in [1.807, 2.05) is 35.3 Å². The number of hydrogen-bond acceptors (Lipinski definition) is 3. The fourth-order valence-corrected chi connectivity index (χ4v) is 2.23. The van der Waals surface area contributed by atoms with E-state index in [1.165, 1.54) is 0 Å². The van der Waals surface area contributed by atoms with E-state index in [2.05, 4.69) is 31.2 Å². The van der Waals surface area contributed by atoms with Crippen LogP contribution in [0.3, 0.4) is 0 Å². The molecule has 0 saturated carbocycles. The monoisotopic (exact) mass is 307 g/mol. The average molecular weight is 308 g/mol. The highest BCUT2D eigenvalue weighted by Gasteiger charge is 2.10. The average Bonchev–Trinajstić information content (AvgIpc) is 2.92. The van der Waals surface area contributed by atoms with E-state index in [0.29, 0.717) is 17.7 Å². The minimum atomic E-state index is 0.416. The molecule has 4 nitrogen and oxygen atoms in total. The summed E-state index contributed by atoms with van der Waals surface area (Å²) in [6.45, 7) is 8.35. The Hall–Kier alpha value is -1.52. The Morgan fingerprint density at radius 1 is 1.38 bits per heavy atom. The maximum Gasteiger partial charge on any atom is 0.142 e. The molecule has 0 fully saturated rings. The number of halogens is 1. The van der Waals surface area contributed by atoms with Crippen LogP contribution in [0.25, 0.3) is 0 Å². The van der Waals surface area contributed by atoms with Crippen molar-refractivity contribution in [3.05, 3.63) is 46.7 Å². The number of aryl methyl sites for hydroxylation is 1. The number of nitrogens with one attached hydrogen (secondary N) is 1. The summed E-state index contributed by atoms with van der Waals surface area (Å²) in [7, 11) is 0. The third kappa shape index (κ3) is 4.48. The summed E-state index contributed by atoms with van der Waals surface area (Å²) in [6, 6.07) is 6.25. The van der Waals surface area contributed by atoms with Gasteiger partial charge in [-0.2, -0.15) is 5.10 Å². The van der Waals surface area contributed by atoms with Gasteiger partial charge in [0, 0.05) is 36.5 Å². The Morgan fingerprint density at radius 2 is 2.19 bits per heavy atom. The molecule has 1 aromatic heterocycles. The Balaban J connectivity index is 2.07. The largest absolute Gasteiger partial charge is 0.487 e. The predicted molar refractivity (Wildman–Crippen MR) is 85.7 cm³/mol. The van der Waals surface area contributed by atoms with Gasteiger partial charge in [-0.05, 0) is 13.0 Å². The van der Waals surface area contributed by atoms with E-state index in [9.17, 15) is 0 Å². The first-order valence-corrected chi connectivity index (χ1v) is 7.62. The van der Waals surface area contributed by atoms with Crippen molar-refractivity contribution in [1.82, 2.24) is 15.1 Å². The van der Waals surface area contributed by atoms with Crippen LogP contribution in [0.4, 0.5) is 0 Å². The number of benzene rings is 1. The van der Waals surface area contributed by atoms with E-state index < -0.39 is 0 Å². The zero-order chi connectivity index (χ0) is 15.2. The maximum atomic E-state index is 6.27. The second-order valence-corrected chi connectivity index (χ2v) is 5.66. The molecule has 1 aromatic carbocycles. The highest BCUT2D eigenvalue weighted by Crippen LogP contribution is 2.29. The number of ether oxygens (including phenoxy) is 1. The fourth-order valence-electron chi connectivity index (χ4n) is 1.98. The molecule has 0 atom stereocenters. The van der Waals surface area contributed by atoms with Crippen LogP contribution in [-0.2, 0) is 19.7 Å². The maximum absolute atomic E-state index is 6.27. The first kappa shape index (κ1) is 15.9. The van der Waals surface area contributed by atoms with Gasteiger partial charge in [-0.15, -0.1) is 0 Å². The molecule has 114 valence electrons. The van der Waals surface area contributed by atoms with Gasteiger partial charge in [-0.3, -0.25) is 4.68 Å². The van der Waals surface area contributed by atoms with Gasteiger partial charge >= 0.3 is 0 Å². The number of para-hydroxylation sites is 1. The van der Waals surface area contributed by atoms with Crippen molar-refractivity contribution in [3.8, 4) is 5.75 Å². The van der Waals surface area contributed by atoms with Crippen molar-refractivity contribution in [2.75, 3.05) is 0 Å². The predicted octanol–water partition coefficient (Wildman–Crippen LogP) is 3.63. The Bertz CT molecular complexity index is 581. The van der Waals surface area contributed by atoms with E-state index >= 15 is 0 Å². The molecule has 1 heterocycles. The van der Waals surface area contributed by atoms with E-state index in [0.717, 1.165) is 30.0 Å². The lowest BCUT2D eigenvalue weighted by molar-refractivity contribution is 0.302. The summed E-state index contributed by atoms with van der Waals surface area (Å²) < 4.78 is 7.80. The molecule has 1 N–H and O–H groups in total. The van der Waals surface area contributed by atoms with Crippen LogP contribution in [-0.4, -0.2) is 15.8 Å². The van der Waals surface area contributed by atoms with Gasteiger partial charge in [0.25, 0.3) is 0 Å². The quantitative estimate of drug-likeness (QED) is 0.849. The molecular formula is C16H22ClN3O. The molecule has 2 aromatic rings. The number of hydrogen-bond donors (Lipinski definition) is 1. The molecule has 0 amide bonds. The van der Waals surface area contributed by atoms with Crippen LogP contribution in [0.2, 0.25) is 5.02 Å². The molecule has 0 spiro atoms. The van der Waals surface area contributed by atoms with Gasteiger partial charge in [0.1, 0.15) is 12.4 Å². The topological polar surface area (TPSA) is 39.1 Å². The molecule has 0 unspecified atom stereocenters. The molecule has 2 rings (SSSR count). The Kier molecular flexibility index (Phi) is 5.65. The number of nitrogens with zero attached hydrogens (tertiary/aromatic N) is 2. The minimum Gasteiger partial charge on any atom is -0.487 e. The van der Waals surface area contributed by atoms with Crippen molar-refractivity contribution in [1.29, 1.82) is 0 Å². The third-order valence-electron chi connectivity index (χ3n) is 3.14. The molecule has 5 heteroatoms. The molecule has 0 radical (unpaired) electrons. The molecule has 0 aliphatic heterocycles. The Morgan fingerprint density at radius 3 is 2.86 bits per heavy atom. The summed E-state index contributed by atoms with van der Waals surface area (Å²) in [5.74, 6) is 0.747. The smallest absolute Gasteiger partial charge is 0.142 e. The summed E-state index contributed by atoms with van der Waals surface area (Å²) in [6.07, 6.45) is 3.81. The van der Waals surface area contributed by atoms with Crippen molar-refractivity contribution in [2.24, 2.45) is 0 Å². The zero-order valence-electron chi connectivity index (χ0n) is 12.8. The zero-order valence-corrected chi connectivity index (χ0v) is 13.5. The fraction of sp³-hybridized carbons (Fsp3) is 0.438. The van der Waals surface area contributed by atoms with Crippen molar-refractivity contribution in [2.45, 2.75) is 46.5 Å². The van der Waals surface area contributed by atoms with Crippen LogP contribution in [0.5, 0.6) is 5.75 Å². The van der Waals surface area contributed by atoms with Crippen molar-refractivity contribution >= 4 is 11.6 Å². The highest BCUT2D eigenvalue weighted by atomic mass is 35.5. The van der Waals surface area contributed by atoms with Gasteiger partial charge < -0.3 is 10.1 Å². The first-order valence-electron chi connectivity index (χ1n) is 7.25. The first-order chi connectivity index (χ1) is 10.1. The molecule has 0 aliphatic rings. The summed E-state index contributed by atoms with van der Waals surface area (Å²) in [5.41, 5.74) is 2.11. The van der Waals surface area contributed by atoms with Crippen LogP contribution in [0.15, 0.2) is 30.6 Å². The number of rotatable bonds is 7. The van der Waals surface area contributed by atoms with E-state index in [4.69, 9.17) is 16.3 Å². The second kappa shape index (κ2) is 7.48. The summed E-state index contributed by atoms with van der Waals surface area (Å²) in [5, 5.41) is 8.27. The van der Waals surface area contributed by atoms with Crippen LogP contribution in [0, 0.1) is 0 Å². The minimum absolute atomic E-state index is 0.416. The normalized spacial score (nSPS) is 11.1. The van der Waals surface area contributed by atoms with Gasteiger partial charge in [-0.25, -0.2) is 0 Å². The van der Waals surface area contributed by atoms with Crippen LogP contribution in [0.1, 0.15) is 31.9 Å². The summed E-state index contributed by atoms with van der Waals surface area (Å²) in [4.78, 5) is 0. The molecule has 21 heavy (non-hydrogen) atoms. The van der Waals surface area contributed by atoms with Gasteiger partial charge in [-0.1, -0.05) is 37.6 Å². The Labute approximate surface area is 131 Å². The van der Waals surface area contributed by atoms with Gasteiger partial charge in [0.2, 0.25) is 0 Å². The van der Waals surface area contributed by atoms with E-state index in [-0.39, 0.29) is 0 Å². The highest BCUT2D eigenvalue weighted by molar-refractivity contribution is 6.32. The molecular weight excluding hydrogens is 286 g/mol. The second-order valence-electron chi connectivity index (χ2n) is 5.26. The van der Waals surface area contributed by atoms with Crippen molar-refractivity contribution < 1.29 is 4.74 Å². The van der Waals surface area contributed by atoms with Crippen LogP contribution < -0.4 is 10.1 Å². The van der Waals surface area contributed by atoms with Gasteiger partial charge in [0.15, 0.2) is 0 Å². The lowest BCUT2D eigenvalue weighted by atomic mass is 10.2. The number of aromatic nitrogens is 2. The van der Waals surface area contributed by atoms with Crippen molar-refractivity contribution in [3.63, 3.8) is 0 Å². The standard InChI is InChI=1S/C16H22ClN3O/c1-4-20-10-13(8-19-20)11-21-16-14(9-18-12(2)3)6-5-7-15(16)17/h5-8,10,12,18H,4,9,11H2,1-3H3. The van der Waals surface area contributed by atoms with Crippen LogP contribution >= 0.6 is 11.6 Å². The molecule has 0 bridgehead atoms. The SMILES string of the molecule is CCn1cc(COc2c(Cl)cccc2CNC(C)C)cn1. The summed E-state index contributed by atoms with van der Waals surface area (Å²) >= 11 is 6.27. The molecule has 0 saturated heterocycles. The lowest BCUT2D eigenvalue weighted by Gasteiger charge is -2.14.